The maximum absolute atomic E-state index is 12.5. The van der Waals surface area contributed by atoms with Crippen molar-refractivity contribution in [1.29, 1.82) is 0 Å². The number of halogens is 5. The highest BCUT2D eigenvalue weighted by molar-refractivity contribution is 5.90. The Kier molecular flexibility index (Phi) is 2.66. The van der Waals surface area contributed by atoms with Crippen molar-refractivity contribution in [1.82, 2.24) is 5.32 Å². The van der Waals surface area contributed by atoms with E-state index in [-0.39, 0.29) is 6.54 Å². The highest BCUT2D eigenvalue weighted by Gasteiger charge is 2.61. The minimum Gasteiger partial charge on any atom is -0.389 e. The zero-order valence-corrected chi connectivity index (χ0v) is 6.78. The molecular weight excluding hydrogens is 211 g/mol. The van der Waals surface area contributed by atoms with Crippen molar-refractivity contribution in [3.8, 4) is 0 Å². The van der Waals surface area contributed by atoms with Crippen molar-refractivity contribution in [2.75, 3.05) is 13.1 Å². The molecule has 0 aromatic heterocycles. The molecule has 1 atom stereocenters. The number of aliphatic imine (C=N–C) groups is 1. The first kappa shape index (κ1) is 11.2. The molecule has 1 aliphatic rings. The van der Waals surface area contributed by atoms with Gasteiger partial charge in [0.2, 0.25) is 0 Å². The lowest BCUT2D eigenvalue weighted by Gasteiger charge is -2.26. The first-order chi connectivity index (χ1) is 6.25. The van der Waals surface area contributed by atoms with Crippen LogP contribution in [0.25, 0.3) is 0 Å². The van der Waals surface area contributed by atoms with Gasteiger partial charge in [-0.2, -0.15) is 22.0 Å². The van der Waals surface area contributed by atoms with Gasteiger partial charge in [-0.15, -0.1) is 0 Å². The van der Waals surface area contributed by atoms with Crippen LogP contribution in [-0.4, -0.2) is 42.2 Å². The van der Waals surface area contributed by atoms with Crippen molar-refractivity contribution in [3.63, 3.8) is 0 Å². The highest BCUT2D eigenvalue weighted by atomic mass is 19.4. The minimum absolute atomic E-state index is 0.357. The number of alkyl halides is 5. The third-order valence-corrected chi connectivity index (χ3v) is 1.62. The molecule has 0 aromatic carbocycles. The molecule has 0 aliphatic carbocycles. The van der Waals surface area contributed by atoms with Crippen LogP contribution in [0, 0.1) is 0 Å². The van der Waals surface area contributed by atoms with E-state index >= 15 is 0 Å². The van der Waals surface area contributed by atoms with Gasteiger partial charge >= 0.3 is 12.1 Å². The second kappa shape index (κ2) is 3.34. The number of nitrogens with zero attached hydrogens (tertiary/aromatic N) is 1. The van der Waals surface area contributed by atoms with Crippen LogP contribution in [0.5, 0.6) is 0 Å². The fourth-order valence-corrected chi connectivity index (χ4v) is 0.876. The molecule has 8 heteroatoms. The standard InChI is InChI=1S/C6H7F5N2O/c7-5(8,6(9,10)11)4-12-1-3(14)2-13-4/h3,14H,1-2H2,(H,12,13). The van der Waals surface area contributed by atoms with Crippen molar-refractivity contribution in [3.05, 3.63) is 0 Å². The van der Waals surface area contributed by atoms with Crippen molar-refractivity contribution >= 4 is 5.84 Å². The average molecular weight is 218 g/mol. The molecule has 0 aromatic rings. The van der Waals surface area contributed by atoms with E-state index in [4.69, 9.17) is 5.11 Å². The molecule has 1 unspecified atom stereocenters. The van der Waals surface area contributed by atoms with Gasteiger partial charge in [0.1, 0.15) is 0 Å². The molecule has 82 valence electrons. The van der Waals surface area contributed by atoms with Crippen LogP contribution >= 0.6 is 0 Å². The van der Waals surface area contributed by atoms with Crippen LogP contribution in [0.15, 0.2) is 4.99 Å². The fraction of sp³-hybridized carbons (Fsp3) is 0.833. The molecular formula is C6H7F5N2O. The summed E-state index contributed by atoms with van der Waals surface area (Å²) in [5.74, 6) is -6.41. The van der Waals surface area contributed by atoms with E-state index in [0.717, 1.165) is 0 Å². The largest absolute Gasteiger partial charge is 0.461 e. The van der Waals surface area contributed by atoms with Crippen LogP contribution in [0.1, 0.15) is 0 Å². The lowest BCUT2D eigenvalue weighted by Crippen LogP contribution is -2.54. The Balaban J connectivity index is 2.84. The molecule has 1 aliphatic heterocycles. The molecule has 2 N–H and O–H groups in total. The molecule has 0 spiro atoms. The van der Waals surface area contributed by atoms with Gasteiger partial charge in [-0.25, -0.2) is 0 Å². The maximum atomic E-state index is 12.5. The van der Waals surface area contributed by atoms with Gasteiger partial charge < -0.3 is 10.4 Å². The second-order valence-electron chi connectivity index (χ2n) is 2.80. The first-order valence-electron chi connectivity index (χ1n) is 3.66. The Morgan fingerprint density at radius 2 is 1.86 bits per heavy atom. The third kappa shape index (κ3) is 1.94. The molecule has 0 fully saturated rings. The highest BCUT2D eigenvalue weighted by Crippen LogP contribution is 2.36. The Bertz CT molecular complexity index is 249. The second-order valence-corrected chi connectivity index (χ2v) is 2.80. The maximum Gasteiger partial charge on any atom is 0.461 e. The van der Waals surface area contributed by atoms with Gasteiger partial charge in [-0.05, 0) is 0 Å². The number of hydrogen-bond donors (Lipinski definition) is 2. The molecule has 1 heterocycles. The molecule has 3 nitrogen and oxygen atoms in total. The molecule has 0 amide bonds. The van der Waals surface area contributed by atoms with Crippen LogP contribution in [-0.2, 0) is 0 Å². The van der Waals surface area contributed by atoms with Crippen molar-refractivity contribution in [2.45, 2.75) is 18.2 Å². The van der Waals surface area contributed by atoms with Crippen molar-refractivity contribution < 1.29 is 27.1 Å². The van der Waals surface area contributed by atoms with E-state index in [2.05, 4.69) is 4.99 Å². The molecule has 0 saturated carbocycles. The smallest absolute Gasteiger partial charge is 0.389 e. The summed E-state index contributed by atoms with van der Waals surface area (Å²) in [5, 5.41) is 10.5. The SMILES string of the molecule is OC1CN=C(C(F)(F)C(F)(F)F)NC1. The summed E-state index contributed by atoms with van der Waals surface area (Å²) in [7, 11) is 0. The predicted octanol–water partition coefficient (Wildman–Crippen LogP) is 0.547. The predicted molar refractivity (Wildman–Crippen MR) is 37.3 cm³/mol. The monoisotopic (exact) mass is 218 g/mol. The van der Waals surface area contributed by atoms with Gasteiger partial charge in [0, 0.05) is 6.54 Å². The normalized spacial score (nSPS) is 24.1. The Morgan fingerprint density at radius 3 is 2.21 bits per heavy atom. The number of amidine groups is 1. The van der Waals surface area contributed by atoms with E-state index in [1.807, 2.05) is 0 Å². The molecule has 1 rings (SSSR count). The topological polar surface area (TPSA) is 44.6 Å². The number of rotatable bonds is 1. The van der Waals surface area contributed by atoms with Gasteiger partial charge in [0.25, 0.3) is 0 Å². The number of aliphatic hydroxyl groups excluding tert-OH is 1. The molecule has 14 heavy (non-hydrogen) atoms. The summed E-state index contributed by atoms with van der Waals surface area (Å²) in [6, 6.07) is 0. The average Bonchev–Trinajstić information content (AvgIpc) is 2.03. The summed E-state index contributed by atoms with van der Waals surface area (Å²) in [6.45, 7) is -0.807. The van der Waals surface area contributed by atoms with Crippen LogP contribution in [0.3, 0.4) is 0 Å². The van der Waals surface area contributed by atoms with Crippen LogP contribution in [0.2, 0.25) is 0 Å². The summed E-state index contributed by atoms with van der Waals surface area (Å²) in [5.41, 5.74) is 0. The Labute approximate surface area is 75.6 Å². The lowest BCUT2D eigenvalue weighted by molar-refractivity contribution is -0.250. The third-order valence-electron chi connectivity index (χ3n) is 1.62. The number of β-amino-alcohol motifs (C(OH)–C–C–N with tert-alkyl or cyclic N) is 1. The fourth-order valence-electron chi connectivity index (χ4n) is 0.876. The number of hydrogen-bond acceptors (Lipinski definition) is 3. The first-order valence-corrected chi connectivity index (χ1v) is 3.66. The molecule has 0 radical (unpaired) electrons. The van der Waals surface area contributed by atoms with Gasteiger partial charge in [0.15, 0.2) is 5.84 Å². The summed E-state index contributed by atoms with van der Waals surface area (Å²) in [4.78, 5) is 2.93. The molecule has 0 bridgehead atoms. The van der Waals surface area contributed by atoms with Crippen molar-refractivity contribution in [2.24, 2.45) is 4.99 Å². The van der Waals surface area contributed by atoms with E-state index in [9.17, 15) is 22.0 Å². The van der Waals surface area contributed by atoms with E-state index in [1.54, 1.807) is 5.32 Å². The van der Waals surface area contributed by atoms with E-state index in [0.29, 0.717) is 0 Å². The zero-order chi connectivity index (χ0) is 11.0. The van der Waals surface area contributed by atoms with Gasteiger partial charge in [0.05, 0.1) is 12.6 Å². The summed E-state index contributed by atoms with van der Waals surface area (Å²) >= 11 is 0. The molecule has 0 saturated heterocycles. The Hall–Kier alpha value is -0.920. The van der Waals surface area contributed by atoms with Gasteiger partial charge in [-0.3, -0.25) is 4.99 Å². The number of nitrogens with one attached hydrogen (secondary N) is 1. The summed E-state index contributed by atoms with van der Waals surface area (Å²) in [6.07, 6.45) is -6.69. The minimum atomic E-state index is -5.67. The van der Waals surface area contributed by atoms with E-state index in [1.165, 1.54) is 0 Å². The van der Waals surface area contributed by atoms with Gasteiger partial charge in [-0.1, -0.05) is 0 Å². The zero-order valence-electron chi connectivity index (χ0n) is 6.78. The lowest BCUT2D eigenvalue weighted by atomic mass is 10.2. The Morgan fingerprint density at radius 1 is 1.29 bits per heavy atom. The van der Waals surface area contributed by atoms with Crippen LogP contribution in [0.4, 0.5) is 22.0 Å². The quantitative estimate of drug-likeness (QED) is 0.631. The van der Waals surface area contributed by atoms with Crippen LogP contribution < -0.4 is 5.32 Å². The number of aliphatic hydroxyl groups is 1. The van der Waals surface area contributed by atoms with E-state index < -0.39 is 30.6 Å². The summed E-state index contributed by atoms with van der Waals surface area (Å²) < 4.78 is 60.4.